The van der Waals surface area contributed by atoms with Crippen LogP contribution in [-0.4, -0.2) is 36.4 Å². The van der Waals surface area contributed by atoms with Gasteiger partial charge in [0.05, 0.1) is 6.61 Å². The lowest BCUT2D eigenvalue weighted by Gasteiger charge is -2.15. The summed E-state index contributed by atoms with van der Waals surface area (Å²) >= 11 is 0. The Bertz CT molecular complexity index is 1120. The summed E-state index contributed by atoms with van der Waals surface area (Å²) < 4.78 is 10.7. The van der Waals surface area contributed by atoms with E-state index < -0.39 is 6.10 Å². The zero-order chi connectivity index (χ0) is 49.2. The van der Waals surface area contributed by atoms with E-state index in [-0.39, 0.29) is 25.2 Å². The maximum Gasteiger partial charge on any atom is 0.306 e. The molecule has 0 bridgehead atoms. The summed E-state index contributed by atoms with van der Waals surface area (Å²) in [6.45, 7) is 4.15. The number of allylic oxidation sites excluding steroid dienone is 8. The van der Waals surface area contributed by atoms with Gasteiger partial charge in [-0.3, -0.25) is 9.59 Å². The van der Waals surface area contributed by atoms with E-state index in [4.69, 9.17) is 9.47 Å². The standard InChI is InChI=1S/C63H116O5/c1-3-5-7-9-11-13-15-17-19-20-21-22-23-24-25-26-27-28-29-30-31-32-33-34-35-36-37-38-39-40-41-42-44-46-48-50-52-54-56-58-63(66)68-61(59-64)60-67-62(65)57-55-53-51-49-47-45-43-18-16-14-12-10-8-6-4-2/h15,17-18,20-21,23-24,43,61,64H,3-14,16,19,22,25-42,44-60H2,1-2H3/b17-15-,21-20-,24-23-,43-18-. The number of hydrogen-bond acceptors (Lipinski definition) is 5. The van der Waals surface area contributed by atoms with Crippen LogP contribution in [-0.2, 0) is 19.1 Å². The zero-order valence-corrected chi connectivity index (χ0v) is 45.6. The van der Waals surface area contributed by atoms with Crippen LogP contribution in [0, 0.1) is 0 Å². The summed E-state index contributed by atoms with van der Waals surface area (Å²) in [4.78, 5) is 24.5. The largest absolute Gasteiger partial charge is 0.462 e. The minimum Gasteiger partial charge on any atom is -0.462 e. The van der Waals surface area contributed by atoms with Gasteiger partial charge in [-0.05, 0) is 77.0 Å². The third-order valence-corrected chi connectivity index (χ3v) is 13.6. The fourth-order valence-electron chi connectivity index (χ4n) is 9.03. The Labute approximate surface area is 424 Å². The van der Waals surface area contributed by atoms with E-state index in [9.17, 15) is 14.7 Å². The third kappa shape index (κ3) is 56.4. The van der Waals surface area contributed by atoms with Crippen molar-refractivity contribution in [3.8, 4) is 0 Å². The number of esters is 2. The minimum absolute atomic E-state index is 0.0662. The second-order valence-electron chi connectivity index (χ2n) is 20.4. The quantitative estimate of drug-likeness (QED) is 0.0374. The van der Waals surface area contributed by atoms with Crippen LogP contribution in [0.3, 0.4) is 0 Å². The predicted molar refractivity (Wildman–Crippen MR) is 297 cm³/mol. The van der Waals surface area contributed by atoms with E-state index in [0.717, 1.165) is 57.8 Å². The maximum absolute atomic E-state index is 12.3. The molecule has 1 N–H and O–H groups in total. The van der Waals surface area contributed by atoms with Gasteiger partial charge in [0.15, 0.2) is 6.10 Å². The molecule has 0 aliphatic rings. The molecule has 0 saturated carbocycles. The number of aliphatic hydroxyl groups excluding tert-OH is 1. The third-order valence-electron chi connectivity index (χ3n) is 13.6. The summed E-state index contributed by atoms with van der Waals surface area (Å²) in [5, 5.41) is 9.64. The molecule has 0 aliphatic carbocycles. The van der Waals surface area contributed by atoms with E-state index in [2.05, 4.69) is 62.5 Å². The Morgan fingerprint density at radius 2 is 0.588 bits per heavy atom. The molecule has 0 aromatic heterocycles. The highest BCUT2D eigenvalue weighted by molar-refractivity contribution is 5.70. The van der Waals surface area contributed by atoms with E-state index in [1.165, 1.54) is 238 Å². The maximum atomic E-state index is 12.3. The number of carbonyl (C=O) groups excluding carboxylic acids is 2. The molecular formula is C63H116O5. The Morgan fingerprint density at radius 1 is 0.338 bits per heavy atom. The molecule has 0 spiro atoms. The molecule has 0 rings (SSSR count). The zero-order valence-electron chi connectivity index (χ0n) is 45.6. The van der Waals surface area contributed by atoms with E-state index in [1.54, 1.807) is 0 Å². The number of aliphatic hydroxyl groups is 1. The fourth-order valence-corrected chi connectivity index (χ4v) is 9.03. The van der Waals surface area contributed by atoms with Gasteiger partial charge in [0.2, 0.25) is 0 Å². The van der Waals surface area contributed by atoms with Gasteiger partial charge in [0, 0.05) is 12.8 Å². The van der Waals surface area contributed by atoms with Gasteiger partial charge in [-0.25, -0.2) is 0 Å². The molecule has 0 saturated heterocycles. The Morgan fingerprint density at radius 3 is 0.897 bits per heavy atom. The SMILES string of the molecule is CCCCCCC/C=C\C/C=C\C/C=C\CCCCCCCCCCCCCCCCCCCCCCCCCCC(=O)OC(CO)COC(=O)CCCCCCC/C=C\CCCCCCCC. The van der Waals surface area contributed by atoms with Crippen LogP contribution in [0.2, 0.25) is 0 Å². The molecule has 0 aliphatic heterocycles. The van der Waals surface area contributed by atoms with Crippen molar-refractivity contribution < 1.29 is 24.2 Å². The highest BCUT2D eigenvalue weighted by Gasteiger charge is 2.16. The molecule has 1 atom stereocenters. The number of carbonyl (C=O) groups is 2. The molecular weight excluding hydrogens is 837 g/mol. The summed E-state index contributed by atoms with van der Waals surface area (Å²) in [5.74, 6) is -0.586. The van der Waals surface area contributed by atoms with Gasteiger partial charge in [-0.1, -0.05) is 281 Å². The lowest BCUT2D eigenvalue weighted by Crippen LogP contribution is -2.28. The van der Waals surface area contributed by atoms with E-state index in [1.807, 2.05) is 0 Å². The summed E-state index contributed by atoms with van der Waals surface area (Å²) in [7, 11) is 0. The molecule has 5 heteroatoms. The van der Waals surface area contributed by atoms with Crippen molar-refractivity contribution in [2.24, 2.45) is 0 Å². The molecule has 0 radical (unpaired) electrons. The van der Waals surface area contributed by atoms with Crippen molar-refractivity contribution >= 4 is 11.9 Å². The van der Waals surface area contributed by atoms with Crippen LogP contribution in [0.5, 0.6) is 0 Å². The molecule has 68 heavy (non-hydrogen) atoms. The number of rotatable bonds is 56. The first-order chi connectivity index (χ1) is 33.6. The van der Waals surface area contributed by atoms with Gasteiger partial charge in [-0.15, -0.1) is 0 Å². The topological polar surface area (TPSA) is 72.8 Å². The van der Waals surface area contributed by atoms with Gasteiger partial charge >= 0.3 is 11.9 Å². The Kier molecular flexibility index (Phi) is 57.3. The van der Waals surface area contributed by atoms with Gasteiger partial charge in [-0.2, -0.15) is 0 Å². The Balaban J connectivity index is 3.39. The number of hydrogen-bond donors (Lipinski definition) is 1. The molecule has 398 valence electrons. The highest BCUT2D eigenvalue weighted by Crippen LogP contribution is 2.17. The summed E-state index contributed by atoms with van der Waals surface area (Å²) in [5.41, 5.74) is 0. The van der Waals surface area contributed by atoms with Crippen LogP contribution in [0.4, 0.5) is 0 Å². The molecule has 0 fully saturated rings. The van der Waals surface area contributed by atoms with Crippen LogP contribution >= 0.6 is 0 Å². The number of ether oxygens (including phenoxy) is 2. The highest BCUT2D eigenvalue weighted by atomic mass is 16.6. The molecule has 0 amide bonds. The summed E-state index contributed by atoms with van der Waals surface area (Å²) in [6.07, 6.45) is 78.3. The smallest absolute Gasteiger partial charge is 0.306 e. The average molecular weight is 954 g/mol. The lowest BCUT2D eigenvalue weighted by molar-refractivity contribution is -0.161. The number of unbranched alkanes of at least 4 members (excludes halogenated alkanes) is 40. The average Bonchev–Trinajstić information content (AvgIpc) is 3.34. The second-order valence-corrected chi connectivity index (χ2v) is 20.4. The van der Waals surface area contributed by atoms with Crippen molar-refractivity contribution in [1.82, 2.24) is 0 Å². The van der Waals surface area contributed by atoms with Gasteiger partial charge in [0.1, 0.15) is 6.61 Å². The van der Waals surface area contributed by atoms with Crippen molar-refractivity contribution in [3.63, 3.8) is 0 Å². The fraction of sp³-hybridized carbons (Fsp3) is 0.841. The Hall–Kier alpha value is -2.14. The van der Waals surface area contributed by atoms with Crippen LogP contribution in [0.25, 0.3) is 0 Å². The monoisotopic (exact) mass is 953 g/mol. The second kappa shape index (κ2) is 59.2. The molecule has 0 aromatic rings. The lowest BCUT2D eigenvalue weighted by atomic mass is 10.0. The molecule has 5 nitrogen and oxygen atoms in total. The minimum atomic E-state index is -0.773. The normalized spacial score (nSPS) is 12.5. The predicted octanol–water partition coefficient (Wildman–Crippen LogP) is 20.4. The molecule has 0 heterocycles. The molecule has 0 aromatic carbocycles. The molecule has 1 unspecified atom stereocenters. The summed E-state index contributed by atoms with van der Waals surface area (Å²) in [6, 6.07) is 0. The van der Waals surface area contributed by atoms with Crippen LogP contribution in [0.15, 0.2) is 48.6 Å². The van der Waals surface area contributed by atoms with E-state index >= 15 is 0 Å². The first-order valence-corrected chi connectivity index (χ1v) is 30.2. The van der Waals surface area contributed by atoms with Crippen molar-refractivity contribution in [2.75, 3.05) is 13.2 Å². The first kappa shape index (κ1) is 65.9. The van der Waals surface area contributed by atoms with Crippen molar-refractivity contribution in [3.05, 3.63) is 48.6 Å². The van der Waals surface area contributed by atoms with Crippen LogP contribution in [0.1, 0.15) is 322 Å². The van der Waals surface area contributed by atoms with Gasteiger partial charge in [0.25, 0.3) is 0 Å². The van der Waals surface area contributed by atoms with Crippen molar-refractivity contribution in [1.29, 1.82) is 0 Å². The van der Waals surface area contributed by atoms with Crippen LogP contribution < -0.4 is 0 Å². The van der Waals surface area contributed by atoms with Gasteiger partial charge < -0.3 is 14.6 Å². The van der Waals surface area contributed by atoms with E-state index in [0.29, 0.717) is 12.8 Å². The first-order valence-electron chi connectivity index (χ1n) is 30.2. The van der Waals surface area contributed by atoms with Crippen molar-refractivity contribution in [2.45, 2.75) is 328 Å².